The van der Waals surface area contributed by atoms with Gasteiger partial charge >= 0.3 is 0 Å². The maximum absolute atomic E-state index is 12.1. The van der Waals surface area contributed by atoms with Gasteiger partial charge in [-0.2, -0.15) is 11.3 Å². The zero-order chi connectivity index (χ0) is 11.4. The van der Waals surface area contributed by atoms with Gasteiger partial charge in [0.1, 0.15) is 0 Å². The third kappa shape index (κ3) is 3.17. The number of halogens is 1. The van der Waals surface area contributed by atoms with E-state index >= 15 is 0 Å². The molecule has 16 heavy (non-hydrogen) atoms. The average molecular weight is 301 g/mol. The predicted molar refractivity (Wildman–Crippen MR) is 72.2 cm³/mol. The number of ketones is 1. The molecule has 0 radical (unpaired) electrons. The molecule has 88 valence electrons. The Morgan fingerprint density at radius 1 is 1.25 bits per heavy atom. The van der Waals surface area contributed by atoms with E-state index in [1.54, 1.807) is 11.3 Å². The van der Waals surface area contributed by atoms with Crippen molar-refractivity contribution in [2.75, 3.05) is 0 Å². The highest BCUT2D eigenvalue weighted by atomic mass is 79.9. The molecule has 1 fully saturated rings. The zero-order valence-corrected chi connectivity index (χ0v) is 11.8. The Labute approximate surface area is 109 Å². The second-order valence-electron chi connectivity index (χ2n) is 4.62. The largest absolute Gasteiger partial charge is 0.294 e. The number of carbonyl (C=O) groups is 1. The van der Waals surface area contributed by atoms with E-state index in [9.17, 15) is 4.79 Å². The topological polar surface area (TPSA) is 17.1 Å². The van der Waals surface area contributed by atoms with Crippen molar-refractivity contribution in [1.82, 2.24) is 0 Å². The summed E-state index contributed by atoms with van der Waals surface area (Å²) in [6.07, 6.45) is 8.56. The van der Waals surface area contributed by atoms with Crippen LogP contribution in [0.1, 0.15) is 55.3 Å². The molecule has 1 saturated carbocycles. The number of hydrogen-bond acceptors (Lipinski definition) is 2. The van der Waals surface area contributed by atoms with E-state index in [4.69, 9.17) is 0 Å². The predicted octanol–water partition coefficient (Wildman–Crippen LogP) is 5.05. The Balaban J connectivity index is 1.93. The molecule has 0 aliphatic heterocycles. The highest BCUT2D eigenvalue weighted by molar-refractivity contribution is 9.10. The van der Waals surface area contributed by atoms with Gasteiger partial charge in [-0.15, -0.1) is 0 Å². The van der Waals surface area contributed by atoms with Gasteiger partial charge in [0.05, 0.1) is 0 Å². The third-order valence-corrected chi connectivity index (χ3v) is 5.07. The van der Waals surface area contributed by atoms with Crippen molar-refractivity contribution in [3.63, 3.8) is 0 Å². The molecule has 0 aromatic carbocycles. The number of hydrogen-bond donors (Lipinski definition) is 0. The molecule has 0 N–H and O–H groups in total. The van der Waals surface area contributed by atoms with Crippen LogP contribution in [0.2, 0.25) is 0 Å². The molecule has 1 aromatic heterocycles. The highest BCUT2D eigenvalue weighted by Crippen LogP contribution is 2.29. The third-order valence-electron chi connectivity index (χ3n) is 3.36. The maximum atomic E-state index is 12.1. The number of thiophene rings is 1. The summed E-state index contributed by atoms with van der Waals surface area (Å²) in [7, 11) is 0. The lowest BCUT2D eigenvalue weighted by atomic mass is 9.93. The first kappa shape index (κ1) is 12.3. The zero-order valence-electron chi connectivity index (χ0n) is 9.38. The number of Topliss-reactive ketones (excluding diaryl/α,β-unsaturated/α-hetero) is 1. The lowest BCUT2D eigenvalue weighted by Gasteiger charge is -2.12. The summed E-state index contributed by atoms with van der Waals surface area (Å²) in [6, 6.07) is 0. The Hall–Kier alpha value is -0.150. The van der Waals surface area contributed by atoms with Gasteiger partial charge in [0.15, 0.2) is 5.78 Å². The average Bonchev–Trinajstić information content (AvgIpc) is 2.53. The Kier molecular flexibility index (Phi) is 4.59. The van der Waals surface area contributed by atoms with Crippen LogP contribution in [0.5, 0.6) is 0 Å². The fraction of sp³-hybridized carbons (Fsp3) is 0.615. The molecule has 1 heterocycles. The molecule has 0 saturated heterocycles. The van der Waals surface area contributed by atoms with E-state index in [2.05, 4.69) is 15.9 Å². The van der Waals surface area contributed by atoms with Crippen molar-refractivity contribution in [1.29, 1.82) is 0 Å². The van der Waals surface area contributed by atoms with Gasteiger partial charge in [0, 0.05) is 27.2 Å². The summed E-state index contributed by atoms with van der Waals surface area (Å²) in [5, 5.41) is 3.95. The van der Waals surface area contributed by atoms with Crippen LogP contribution in [-0.4, -0.2) is 5.78 Å². The molecule has 1 aliphatic carbocycles. The van der Waals surface area contributed by atoms with Crippen LogP contribution in [0, 0.1) is 5.92 Å². The van der Waals surface area contributed by atoms with Crippen LogP contribution in [0.15, 0.2) is 15.2 Å². The standard InChI is InChI=1S/C13H17BrOS/c14-12-9-16-8-11(12)13(15)7-10-5-3-1-2-4-6-10/h8-10H,1-7H2. The number of rotatable bonds is 3. The van der Waals surface area contributed by atoms with Gasteiger partial charge in [-0.3, -0.25) is 4.79 Å². The summed E-state index contributed by atoms with van der Waals surface area (Å²) in [6.45, 7) is 0. The molecule has 0 bridgehead atoms. The summed E-state index contributed by atoms with van der Waals surface area (Å²) >= 11 is 5.03. The lowest BCUT2D eigenvalue weighted by Crippen LogP contribution is -2.08. The van der Waals surface area contributed by atoms with Gasteiger partial charge in [-0.25, -0.2) is 0 Å². The number of carbonyl (C=O) groups excluding carboxylic acids is 1. The molecule has 1 aromatic rings. The monoisotopic (exact) mass is 300 g/mol. The summed E-state index contributed by atoms with van der Waals surface area (Å²) in [5.74, 6) is 0.946. The van der Waals surface area contributed by atoms with Crippen LogP contribution < -0.4 is 0 Å². The van der Waals surface area contributed by atoms with E-state index in [1.165, 1.54) is 38.5 Å². The van der Waals surface area contributed by atoms with E-state index in [0.717, 1.165) is 16.5 Å². The normalized spacial score (nSPS) is 18.3. The van der Waals surface area contributed by atoms with Gasteiger partial charge in [0.2, 0.25) is 0 Å². The van der Waals surface area contributed by atoms with Gasteiger partial charge in [0.25, 0.3) is 0 Å². The van der Waals surface area contributed by atoms with Crippen LogP contribution in [0.25, 0.3) is 0 Å². The van der Waals surface area contributed by atoms with E-state index in [1.807, 2.05) is 10.8 Å². The van der Waals surface area contributed by atoms with Crippen LogP contribution in [-0.2, 0) is 0 Å². The van der Waals surface area contributed by atoms with Crippen LogP contribution >= 0.6 is 27.3 Å². The van der Waals surface area contributed by atoms with E-state index in [0.29, 0.717) is 11.7 Å². The summed E-state index contributed by atoms with van der Waals surface area (Å²) in [5.41, 5.74) is 0.884. The minimum absolute atomic E-state index is 0.319. The molecule has 3 heteroatoms. The van der Waals surface area contributed by atoms with E-state index in [-0.39, 0.29) is 0 Å². The molecule has 0 spiro atoms. The van der Waals surface area contributed by atoms with Crippen molar-refractivity contribution >= 4 is 33.0 Å². The van der Waals surface area contributed by atoms with Crippen molar-refractivity contribution in [2.45, 2.75) is 44.9 Å². The Morgan fingerprint density at radius 3 is 2.50 bits per heavy atom. The van der Waals surface area contributed by atoms with Crippen LogP contribution in [0.4, 0.5) is 0 Å². The van der Waals surface area contributed by atoms with Gasteiger partial charge < -0.3 is 0 Å². The first-order valence-electron chi connectivity index (χ1n) is 6.02. The second kappa shape index (κ2) is 5.97. The summed E-state index contributed by atoms with van der Waals surface area (Å²) < 4.78 is 0.969. The second-order valence-corrected chi connectivity index (χ2v) is 6.22. The molecule has 1 nitrogen and oxygen atoms in total. The summed E-state index contributed by atoms with van der Waals surface area (Å²) in [4.78, 5) is 12.1. The molecule has 0 amide bonds. The molecule has 0 unspecified atom stereocenters. The maximum Gasteiger partial charge on any atom is 0.165 e. The highest BCUT2D eigenvalue weighted by Gasteiger charge is 2.18. The molecule has 0 atom stereocenters. The van der Waals surface area contributed by atoms with Crippen molar-refractivity contribution in [2.24, 2.45) is 5.92 Å². The molecule has 2 rings (SSSR count). The molecule has 1 aliphatic rings. The fourth-order valence-corrected chi connectivity index (χ4v) is 3.94. The minimum Gasteiger partial charge on any atom is -0.294 e. The lowest BCUT2D eigenvalue weighted by molar-refractivity contribution is 0.0956. The van der Waals surface area contributed by atoms with E-state index < -0.39 is 0 Å². The molecular weight excluding hydrogens is 284 g/mol. The van der Waals surface area contributed by atoms with Crippen molar-refractivity contribution < 1.29 is 4.79 Å². The quantitative estimate of drug-likeness (QED) is 0.564. The van der Waals surface area contributed by atoms with Crippen molar-refractivity contribution in [3.05, 3.63) is 20.8 Å². The first-order chi connectivity index (χ1) is 7.77. The Morgan fingerprint density at radius 2 is 1.94 bits per heavy atom. The minimum atomic E-state index is 0.319. The van der Waals surface area contributed by atoms with Gasteiger partial charge in [-0.1, -0.05) is 38.5 Å². The van der Waals surface area contributed by atoms with Crippen LogP contribution in [0.3, 0.4) is 0 Å². The van der Waals surface area contributed by atoms with Gasteiger partial charge in [-0.05, 0) is 21.8 Å². The van der Waals surface area contributed by atoms with Crippen molar-refractivity contribution in [3.8, 4) is 0 Å². The molecular formula is C13H17BrOS. The first-order valence-corrected chi connectivity index (χ1v) is 7.76. The smallest absolute Gasteiger partial charge is 0.165 e. The Bertz CT molecular complexity index is 351. The fourth-order valence-electron chi connectivity index (χ4n) is 2.42. The SMILES string of the molecule is O=C(CC1CCCCCC1)c1cscc1Br.